The van der Waals surface area contributed by atoms with Crippen molar-refractivity contribution in [2.75, 3.05) is 5.75 Å². The average molecular weight is 467 g/mol. The van der Waals surface area contributed by atoms with Crippen LogP contribution in [0.4, 0.5) is 0 Å². The minimum absolute atomic E-state index is 0.0577. The van der Waals surface area contributed by atoms with Gasteiger partial charge in [-0.1, -0.05) is 54.4 Å². The second-order valence-electron chi connectivity index (χ2n) is 7.26. The minimum Gasteiger partial charge on any atom is -0.352 e. The number of nitrogens with one attached hydrogen (secondary N) is 1. The Morgan fingerprint density at radius 1 is 1.03 bits per heavy atom. The van der Waals surface area contributed by atoms with E-state index in [9.17, 15) is 9.59 Å². The summed E-state index contributed by atoms with van der Waals surface area (Å²) >= 11 is 13.5. The van der Waals surface area contributed by atoms with Gasteiger partial charge in [0, 0.05) is 28.4 Å². The fraction of sp³-hybridized carbons (Fsp3) is 0.391. The van der Waals surface area contributed by atoms with Crippen LogP contribution < -0.4 is 5.32 Å². The molecule has 2 aromatic carbocycles. The number of amides is 2. The summed E-state index contributed by atoms with van der Waals surface area (Å²) < 4.78 is 0. The van der Waals surface area contributed by atoms with E-state index in [2.05, 4.69) is 5.32 Å². The molecule has 2 atom stereocenters. The number of hydrogen-bond acceptors (Lipinski definition) is 3. The van der Waals surface area contributed by atoms with Gasteiger partial charge in [0.1, 0.15) is 6.04 Å². The van der Waals surface area contributed by atoms with E-state index in [1.54, 1.807) is 17.9 Å². The molecule has 0 heterocycles. The van der Waals surface area contributed by atoms with Gasteiger partial charge in [-0.25, -0.2) is 0 Å². The van der Waals surface area contributed by atoms with Crippen molar-refractivity contribution in [2.45, 2.75) is 51.6 Å². The second-order valence-corrected chi connectivity index (χ2v) is 9.12. The molecule has 7 heteroatoms. The van der Waals surface area contributed by atoms with E-state index < -0.39 is 6.04 Å². The molecule has 0 aliphatic heterocycles. The molecule has 0 spiro atoms. The highest BCUT2D eigenvalue weighted by Gasteiger charge is 2.26. The fourth-order valence-corrected chi connectivity index (χ4v) is 4.01. The lowest BCUT2D eigenvalue weighted by Crippen LogP contribution is -2.50. The van der Waals surface area contributed by atoms with E-state index in [-0.39, 0.29) is 23.6 Å². The highest BCUT2D eigenvalue weighted by molar-refractivity contribution is 7.99. The summed E-state index contributed by atoms with van der Waals surface area (Å²) in [7, 11) is 0. The Bertz CT molecular complexity index is 845. The largest absolute Gasteiger partial charge is 0.352 e. The molecule has 0 radical (unpaired) electrons. The maximum absolute atomic E-state index is 13.0. The van der Waals surface area contributed by atoms with E-state index in [0.29, 0.717) is 22.3 Å². The van der Waals surface area contributed by atoms with Crippen molar-refractivity contribution in [2.24, 2.45) is 0 Å². The van der Waals surface area contributed by atoms with Gasteiger partial charge in [0.15, 0.2) is 0 Å². The van der Waals surface area contributed by atoms with Gasteiger partial charge >= 0.3 is 0 Å². The van der Waals surface area contributed by atoms with Crippen LogP contribution in [-0.2, 0) is 21.9 Å². The highest BCUT2D eigenvalue weighted by Crippen LogP contribution is 2.19. The molecule has 4 nitrogen and oxygen atoms in total. The smallest absolute Gasteiger partial charge is 0.242 e. The maximum atomic E-state index is 13.0. The first-order chi connectivity index (χ1) is 14.3. The first kappa shape index (κ1) is 24.6. The summed E-state index contributed by atoms with van der Waals surface area (Å²) in [6.07, 6.45) is 0.831. The third-order valence-electron chi connectivity index (χ3n) is 4.82. The van der Waals surface area contributed by atoms with E-state index in [1.807, 2.05) is 56.3 Å². The standard InChI is InChI=1S/C23H28Cl2N2O2S/c1-4-16(2)26-23(29)17(3)27(13-19-6-5-7-21(25)12-19)22(28)15-30-14-18-8-10-20(24)11-9-18/h5-12,16-17H,4,13-15H2,1-3H3,(H,26,29)/t16-,17+/m1/s1. The maximum Gasteiger partial charge on any atom is 0.242 e. The quantitative estimate of drug-likeness (QED) is 0.498. The van der Waals surface area contributed by atoms with Crippen molar-refractivity contribution in [3.8, 4) is 0 Å². The Kier molecular flexibility index (Phi) is 10.0. The van der Waals surface area contributed by atoms with Crippen molar-refractivity contribution in [1.82, 2.24) is 10.2 Å². The van der Waals surface area contributed by atoms with Gasteiger partial charge < -0.3 is 10.2 Å². The molecule has 1 N–H and O–H groups in total. The first-order valence-electron chi connectivity index (χ1n) is 9.96. The van der Waals surface area contributed by atoms with Crippen LogP contribution in [0.2, 0.25) is 10.0 Å². The molecule has 2 amide bonds. The van der Waals surface area contributed by atoms with E-state index in [1.165, 1.54) is 11.8 Å². The molecule has 0 saturated carbocycles. The summed E-state index contributed by atoms with van der Waals surface area (Å²) in [6.45, 7) is 6.06. The van der Waals surface area contributed by atoms with Crippen LogP contribution in [0.25, 0.3) is 0 Å². The topological polar surface area (TPSA) is 49.4 Å². The van der Waals surface area contributed by atoms with E-state index in [0.717, 1.165) is 17.5 Å². The summed E-state index contributed by atoms with van der Waals surface area (Å²) in [4.78, 5) is 27.4. The van der Waals surface area contributed by atoms with Crippen molar-refractivity contribution in [3.63, 3.8) is 0 Å². The molecule has 0 aliphatic rings. The second kappa shape index (κ2) is 12.2. The third-order valence-corrected chi connectivity index (χ3v) is 6.29. The number of benzene rings is 2. The number of carbonyl (C=O) groups is 2. The Hall–Kier alpha value is -1.69. The van der Waals surface area contributed by atoms with E-state index >= 15 is 0 Å². The number of thioether (sulfide) groups is 1. The molecule has 2 rings (SSSR count). The summed E-state index contributed by atoms with van der Waals surface area (Å²) in [5.41, 5.74) is 1.99. The summed E-state index contributed by atoms with van der Waals surface area (Å²) in [5, 5.41) is 4.26. The Morgan fingerprint density at radius 3 is 2.37 bits per heavy atom. The van der Waals surface area contributed by atoms with Crippen LogP contribution in [0.1, 0.15) is 38.3 Å². The van der Waals surface area contributed by atoms with Gasteiger partial charge in [-0.2, -0.15) is 0 Å². The van der Waals surface area contributed by atoms with E-state index in [4.69, 9.17) is 23.2 Å². The van der Waals surface area contributed by atoms with Crippen molar-refractivity contribution in [1.29, 1.82) is 0 Å². The molecule has 0 unspecified atom stereocenters. The van der Waals surface area contributed by atoms with Gasteiger partial charge in [0.25, 0.3) is 0 Å². The zero-order valence-electron chi connectivity index (χ0n) is 17.5. The van der Waals surface area contributed by atoms with Gasteiger partial charge in [-0.05, 0) is 55.7 Å². The van der Waals surface area contributed by atoms with Crippen molar-refractivity contribution in [3.05, 3.63) is 69.7 Å². The number of nitrogens with zero attached hydrogens (tertiary/aromatic N) is 1. The Labute approximate surface area is 193 Å². The molecule has 162 valence electrons. The first-order valence-corrected chi connectivity index (χ1v) is 11.9. The lowest BCUT2D eigenvalue weighted by atomic mass is 10.1. The van der Waals surface area contributed by atoms with Crippen LogP contribution in [0.3, 0.4) is 0 Å². The SMILES string of the molecule is CC[C@@H](C)NC(=O)[C@H](C)N(Cc1cccc(Cl)c1)C(=O)CSCc1ccc(Cl)cc1. The zero-order chi connectivity index (χ0) is 22.1. The molecule has 2 aromatic rings. The van der Waals surface area contributed by atoms with Crippen LogP contribution in [-0.4, -0.2) is 34.6 Å². The molecule has 0 saturated heterocycles. The molecule has 0 fully saturated rings. The van der Waals surface area contributed by atoms with Crippen LogP contribution in [0.15, 0.2) is 48.5 Å². The molecule has 0 aliphatic carbocycles. The number of rotatable bonds is 10. The van der Waals surface area contributed by atoms with Crippen molar-refractivity contribution >= 4 is 46.8 Å². The number of carbonyl (C=O) groups excluding carboxylic acids is 2. The highest BCUT2D eigenvalue weighted by atomic mass is 35.5. The normalized spacial score (nSPS) is 12.8. The molecular weight excluding hydrogens is 439 g/mol. The molecule has 0 bridgehead atoms. The monoisotopic (exact) mass is 466 g/mol. The minimum atomic E-state index is -0.582. The predicted octanol–water partition coefficient (Wildman–Crippen LogP) is 5.56. The van der Waals surface area contributed by atoms with Gasteiger partial charge in [0.05, 0.1) is 5.75 Å². The Morgan fingerprint density at radius 2 is 1.73 bits per heavy atom. The number of halogens is 2. The number of hydrogen-bond donors (Lipinski definition) is 1. The van der Waals surface area contributed by atoms with Crippen LogP contribution in [0, 0.1) is 0 Å². The lowest BCUT2D eigenvalue weighted by molar-refractivity contribution is -0.138. The fourth-order valence-electron chi connectivity index (χ4n) is 2.80. The Balaban J connectivity index is 2.07. The zero-order valence-corrected chi connectivity index (χ0v) is 19.9. The predicted molar refractivity (Wildman–Crippen MR) is 127 cm³/mol. The molecule has 30 heavy (non-hydrogen) atoms. The van der Waals surface area contributed by atoms with Crippen LogP contribution >= 0.6 is 35.0 Å². The summed E-state index contributed by atoms with van der Waals surface area (Å²) in [5.74, 6) is 0.745. The molecular formula is C23H28Cl2N2O2S. The average Bonchev–Trinajstić information content (AvgIpc) is 2.72. The molecule has 0 aromatic heterocycles. The van der Waals surface area contributed by atoms with Gasteiger partial charge in [-0.15, -0.1) is 11.8 Å². The lowest BCUT2D eigenvalue weighted by Gasteiger charge is -2.29. The van der Waals surface area contributed by atoms with Crippen molar-refractivity contribution < 1.29 is 9.59 Å². The summed E-state index contributed by atoms with van der Waals surface area (Å²) in [6, 6.07) is 14.4. The van der Waals surface area contributed by atoms with Crippen LogP contribution in [0.5, 0.6) is 0 Å². The third kappa shape index (κ3) is 7.86. The van der Waals surface area contributed by atoms with Gasteiger partial charge in [0.2, 0.25) is 11.8 Å². The van der Waals surface area contributed by atoms with Gasteiger partial charge in [-0.3, -0.25) is 9.59 Å².